The maximum atomic E-state index is 17.5. The van der Waals surface area contributed by atoms with Crippen molar-refractivity contribution in [3.63, 3.8) is 0 Å². The molecule has 5 nitrogen and oxygen atoms in total. The number of rotatable bonds is 6. The van der Waals surface area contributed by atoms with Crippen molar-refractivity contribution in [1.82, 2.24) is 0 Å². The van der Waals surface area contributed by atoms with E-state index in [0.29, 0.717) is 45.0 Å². The van der Waals surface area contributed by atoms with Gasteiger partial charge in [0.2, 0.25) is 0 Å². The third-order valence-corrected chi connectivity index (χ3v) is 15.0. The molecule has 0 fully saturated rings. The van der Waals surface area contributed by atoms with Gasteiger partial charge in [-0.1, -0.05) is 173 Å². The SMILES string of the molecule is CC1(C)c2cc(-c3ccccc3)ccc2N(c2c(C#N)c(C#N)c(N3c4ccc(-c5ccccc5)cc4C(C)(C)c4cc(-c5ccccc5)ccc43)c3c2C(F)(F)OC3(F)F)c2ccc(-c3ccccc3)cc21. The molecule has 0 spiro atoms. The van der Waals surface area contributed by atoms with E-state index in [-0.39, 0.29) is 0 Å². The summed E-state index contributed by atoms with van der Waals surface area (Å²) >= 11 is 0. The third kappa shape index (κ3) is 6.91. The zero-order chi connectivity index (χ0) is 50.6. The molecule has 0 saturated heterocycles. The lowest BCUT2D eigenvalue weighted by Crippen LogP contribution is -2.34. The molecule has 3 aliphatic heterocycles. The summed E-state index contributed by atoms with van der Waals surface area (Å²) in [7, 11) is 0. The van der Waals surface area contributed by atoms with Crippen LogP contribution >= 0.6 is 0 Å². The molecule has 0 N–H and O–H groups in total. The minimum Gasteiger partial charge on any atom is -0.308 e. The van der Waals surface area contributed by atoms with Gasteiger partial charge < -0.3 is 9.80 Å². The normalized spacial score (nSPS) is 16.0. The van der Waals surface area contributed by atoms with Crippen LogP contribution in [0.2, 0.25) is 0 Å². The van der Waals surface area contributed by atoms with E-state index >= 15 is 17.6 Å². The smallest absolute Gasteiger partial charge is 0.308 e. The van der Waals surface area contributed by atoms with Gasteiger partial charge in [-0.05, 0) is 115 Å². The van der Waals surface area contributed by atoms with Gasteiger partial charge in [-0.2, -0.15) is 28.1 Å². The zero-order valence-corrected chi connectivity index (χ0v) is 40.2. The predicted octanol–water partition coefficient (Wildman–Crippen LogP) is 17.4. The molecule has 12 rings (SSSR count). The fraction of sp³-hybridized carbons (Fsp3) is 0.125. The number of nitriles is 2. The highest BCUT2D eigenvalue weighted by atomic mass is 19.3. The van der Waals surface area contributed by atoms with Crippen LogP contribution in [-0.4, -0.2) is 0 Å². The van der Waals surface area contributed by atoms with Crippen molar-refractivity contribution in [2.75, 3.05) is 9.80 Å². The number of benzene rings is 9. The molecule has 9 aromatic carbocycles. The second kappa shape index (κ2) is 16.4. The van der Waals surface area contributed by atoms with E-state index in [1.54, 1.807) is 24.3 Å². The van der Waals surface area contributed by atoms with Crippen LogP contribution < -0.4 is 9.80 Å². The number of hydrogen-bond donors (Lipinski definition) is 0. The Bertz CT molecular complexity index is 3370. The first kappa shape index (κ1) is 45.4. The Kier molecular flexibility index (Phi) is 10.2. The van der Waals surface area contributed by atoms with Crippen LogP contribution in [0.3, 0.4) is 0 Å². The van der Waals surface area contributed by atoms with Gasteiger partial charge >= 0.3 is 12.2 Å². The van der Waals surface area contributed by atoms with E-state index in [0.717, 1.165) is 44.5 Å². The van der Waals surface area contributed by atoms with Crippen molar-refractivity contribution in [3.05, 3.63) is 239 Å². The second-order valence-corrected chi connectivity index (χ2v) is 19.9. The second-order valence-electron chi connectivity index (χ2n) is 19.9. The summed E-state index contributed by atoms with van der Waals surface area (Å²) in [6.07, 6.45) is -9.34. The third-order valence-electron chi connectivity index (χ3n) is 15.0. The summed E-state index contributed by atoms with van der Waals surface area (Å²) in [5.41, 5.74) is 5.07. The number of alkyl halides is 4. The highest BCUT2D eigenvalue weighted by Gasteiger charge is 2.63. The van der Waals surface area contributed by atoms with Crippen molar-refractivity contribution >= 4 is 34.1 Å². The average molecular weight is 961 g/mol. The molecule has 0 unspecified atom stereocenters. The van der Waals surface area contributed by atoms with E-state index in [2.05, 4.69) is 16.9 Å². The van der Waals surface area contributed by atoms with Crippen molar-refractivity contribution in [2.45, 2.75) is 50.7 Å². The Hall–Kier alpha value is -8.76. The van der Waals surface area contributed by atoms with E-state index in [1.807, 2.05) is 198 Å². The van der Waals surface area contributed by atoms with Crippen LogP contribution in [0.1, 0.15) is 72.2 Å². The molecule has 354 valence electrons. The van der Waals surface area contributed by atoms with Gasteiger partial charge in [-0.15, -0.1) is 0 Å². The first-order valence-electron chi connectivity index (χ1n) is 24.0. The van der Waals surface area contributed by atoms with Crippen LogP contribution in [0.15, 0.2) is 194 Å². The Labute approximate surface area is 421 Å². The number of fused-ring (bicyclic) bond motifs is 5. The van der Waals surface area contributed by atoms with Gasteiger partial charge in [0.15, 0.2) is 0 Å². The van der Waals surface area contributed by atoms with E-state index < -0.39 is 56.7 Å². The molecule has 3 aliphatic rings. The Morgan fingerprint density at radius 2 is 0.603 bits per heavy atom. The summed E-state index contributed by atoms with van der Waals surface area (Å²) in [5, 5.41) is 23.2. The van der Waals surface area contributed by atoms with Crippen LogP contribution in [-0.2, 0) is 27.8 Å². The standard InChI is InChI=1S/C64H44F4N4O/c1-61(2)49-33-43(39-17-9-5-10-18-39)25-29-53(49)71(54-30-26-44(34-50(54)61)40-19-11-6-12-20-40)59-47(37-69)48(38-70)60(58-57(59)63(65,66)73-64(58,67)68)72-55-31-27-45(41-21-13-7-14-22-41)35-51(55)62(3,4)52-36-46(28-32-56(52)72)42-23-15-8-16-24-42/h5-36H,1-4H3. The largest absolute Gasteiger partial charge is 0.390 e. The number of ether oxygens (including phenoxy) is 1. The predicted molar refractivity (Wildman–Crippen MR) is 280 cm³/mol. The van der Waals surface area contributed by atoms with Crippen LogP contribution in [0.25, 0.3) is 44.5 Å². The molecule has 0 radical (unpaired) electrons. The number of anilines is 6. The summed E-state index contributed by atoms with van der Waals surface area (Å²) in [6, 6.07) is 65.6. The van der Waals surface area contributed by atoms with Crippen LogP contribution in [0, 0.1) is 22.7 Å². The van der Waals surface area contributed by atoms with Gasteiger partial charge in [0.05, 0.1) is 56.4 Å². The van der Waals surface area contributed by atoms with Gasteiger partial charge in [-0.3, -0.25) is 0 Å². The summed E-state index contributed by atoms with van der Waals surface area (Å²) in [4.78, 5) is 2.94. The molecule has 3 heterocycles. The summed E-state index contributed by atoms with van der Waals surface area (Å²) < 4.78 is 74.6. The minimum absolute atomic E-state index is 0.378. The van der Waals surface area contributed by atoms with Gasteiger partial charge in [0, 0.05) is 10.8 Å². The molecule has 9 heteroatoms. The highest BCUT2D eigenvalue weighted by molar-refractivity contribution is 5.99. The Morgan fingerprint density at radius 1 is 0.356 bits per heavy atom. The van der Waals surface area contributed by atoms with E-state index in [9.17, 15) is 10.5 Å². The van der Waals surface area contributed by atoms with Crippen LogP contribution in [0.5, 0.6) is 0 Å². The molecule has 0 bridgehead atoms. The zero-order valence-electron chi connectivity index (χ0n) is 40.2. The summed E-state index contributed by atoms with van der Waals surface area (Å²) in [6.45, 7) is 8.15. The van der Waals surface area contributed by atoms with Gasteiger partial charge in [-0.25, -0.2) is 4.74 Å². The Morgan fingerprint density at radius 3 is 0.836 bits per heavy atom. The van der Waals surface area contributed by atoms with Crippen molar-refractivity contribution in [2.24, 2.45) is 0 Å². The topological polar surface area (TPSA) is 63.3 Å². The fourth-order valence-electron chi connectivity index (χ4n) is 11.4. The van der Waals surface area contributed by atoms with Gasteiger partial charge in [0.1, 0.15) is 12.1 Å². The molecule has 73 heavy (non-hydrogen) atoms. The average Bonchev–Trinajstić information content (AvgIpc) is 3.61. The van der Waals surface area contributed by atoms with Crippen LogP contribution in [0.4, 0.5) is 51.7 Å². The molecular weight excluding hydrogens is 917 g/mol. The fourth-order valence-corrected chi connectivity index (χ4v) is 11.4. The van der Waals surface area contributed by atoms with E-state index in [1.165, 1.54) is 9.80 Å². The molecule has 0 atom stereocenters. The number of hydrogen-bond acceptors (Lipinski definition) is 5. The molecule has 9 aromatic rings. The van der Waals surface area contributed by atoms with E-state index in [4.69, 9.17) is 0 Å². The monoisotopic (exact) mass is 960 g/mol. The summed E-state index contributed by atoms with van der Waals surface area (Å²) in [5.74, 6) is 0. The quantitative estimate of drug-likeness (QED) is 0.155. The van der Waals surface area contributed by atoms with Crippen molar-refractivity contribution < 1.29 is 22.3 Å². The van der Waals surface area contributed by atoms with Gasteiger partial charge in [0.25, 0.3) is 0 Å². The molecular formula is C64H44F4N4O. The number of halogens is 4. The molecule has 0 saturated carbocycles. The minimum atomic E-state index is -4.67. The Balaban J connectivity index is 1.19. The maximum absolute atomic E-state index is 17.5. The number of nitrogens with zero attached hydrogens (tertiary/aromatic N) is 4. The van der Waals surface area contributed by atoms with Crippen molar-refractivity contribution in [3.8, 4) is 56.6 Å². The molecule has 0 amide bonds. The lowest BCUT2D eigenvalue weighted by Gasteiger charge is -2.45. The lowest BCUT2D eigenvalue weighted by atomic mass is 9.71. The highest BCUT2D eigenvalue weighted by Crippen LogP contribution is 2.65. The lowest BCUT2D eigenvalue weighted by molar-refractivity contribution is -0.369. The van der Waals surface area contributed by atoms with Crippen molar-refractivity contribution in [1.29, 1.82) is 10.5 Å². The maximum Gasteiger partial charge on any atom is 0.390 e. The first-order chi connectivity index (χ1) is 35.1. The first-order valence-corrected chi connectivity index (χ1v) is 24.0. The molecule has 0 aliphatic carbocycles. The molecule has 0 aromatic heterocycles.